The van der Waals surface area contributed by atoms with E-state index in [-0.39, 0.29) is 0 Å². The van der Waals surface area contributed by atoms with E-state index in [1.54, 1.807) is 0 Å². The second-order valence-electron chi connectivity index (χ2n) is 3.41. The molecule has 0 unspecified atom stereocenters. The Morgan fingerprint density at radius 3 is 2.20 bits per heavy atom. The van der Waals surface area contributed by atoms with Crippen LogP contribution in [0.1, 0.15) is 20.3 Å². The van der Waals surface area contributed by atoms with Crippen molar-refractivity contribution < 1.29 is 4.48 Å². The monoisotopic (exact) mass is 145 g/mol. The van der Waals surface area contributed by atoms with E-state index in [1.165, 1.54) is 13.0 Å². The normalized spacial score (nSPS) is 12.0. The number of rotatable bonds is 5. The van der Waals surface area contributed by atoms with Gasteiger partial charge in [0.15, 0.2) is 0 Å². The highest BCUT2D eigenvalue weighted by molar-refractivity contribution is 4.35. The van der Waals surface area contributed by atoms with Crippen LogP contribution in [-0.2, 0) is 0 Å². The van der Waals surface area contributed by atoms with Gasteiger partial charge in [0, 0.05) is 0 Å². The fourth-order valence-corrected chi connectivity index (χ4v) is 0.670. The molecule has 0 saturated heterocycles. The smallest absolute Gasteiger partial charge is 0.132 e. The van der Waals surface area contributed by atoms with Crippen molar-refractivity contribution >= 4 is 0 Å². The summed E-state index contributed by atoms with van der Waals surface area (Å²) < 4.78 is 1.07. The van der Waals surface area contributed by atoms with E-state index in [1.807, 2.05) is 0 Å². The molecule has 1 N–H and O–H groups in total. The molecular formula is C8H21N2+. The highest BCUT2D eigenvalue weighted by atomic mass is 15.4. The molecule has 0 amide bonds. The average molecular weight is 145 g/mol. The molecule has 0 fully saturated rings. The van der Waals surface area contributed by atoms with Crippen LogP contribution in [0.25, 0.3) is 0 Å². The third kappa shape index (κ3) is 4.77. The topological polar surface area (TPSA) is 12.0 Å². The maximum Gasteiger partial charge on any atom is 0.132 e. The van der Waals surface area contributed by atoms with E-state index in [0.717, 1.165) is 17.7 Å². The Morgan fingerprint density at radius 1 is 1.20 bits per heavy atom. The molecule has 0 bridgehead atoms. The van der Waals surface area contributed by atoms with Gasteiger partial charge in [-0.2, -0.15) is 0 Å². The van der Waals surface area contributed by atoms with Crippen molar-refractivity contribution in [1.82, 2.24) is 5.32 Å². The highest BCUT2D eigenvalue weighted by Crippen LogP contribution is 1.91. The zero-order valence-corrected chi connectivity index (χ0v) is 7.78. The first-order chi connectivity index (χ1) is 4.62. The van der Waals surface area contributed by atoms with E-state index < -0.39 is 0 Å². The molecule has 2 nitrogen and oxygen atoms in total. The van der Waals surface area contributed by atoms with Crippen molar-refractivity contribution in [2.45, 2.75) is 20.3 Å². The third-order valence-electron chi connectivity index (χ3n) is 1.82. The Hall–Kier alpha value is -0.0800. The molecule has 0 aliphatic rings. The van der Waals surface area contributed by atoms with Crippen molar-refractivity contribution in [1.29, 1.82) is 0 Å². The molecule has 0 atom stereocenters. The predicted octanol–water partition coefficient (Wildman–Crippen LogP) is 1.04. The molecule has 0 heterocycles. The first-order valence-corrected chi connectivity index (χ1v) is 4.15. The fraction of sp³-hybridized carbons (Fsp3) is 1.00. The van der Waals surface area contributed by atoms with Crippen LogP contribution >= 0.6 is 0 Å². The summed E-state index contributed by atoms with van der Waals surface area (Å²) in [5.74, 6) is 0. The largest absolute Gasteiger partial charge is 0.316 e. The lowest BCUT2D eigenvalue weighted by atomic mass is 10.5. The maximum absolute atomic E-state index is 3.40. The summed E-state index contributed by atoms with van der Waals surface area (Å²) in [6.07, 6.45) is 1.23. The van der Waals surface area contributed by atoms with E-state index in [4.69, 9.17) is 0 Å². The summed E-state index contributed by atoms with van der Waals surface area (Å²) >= 11 is 0. The van der Waals surface area contributed by atoms with Gasteiger partial charge in [-0.25, -0.2) is 0 Å². The molecule has 0 aromatic carbocycles. The van der Waals surface area contributed by atoms with Crippen LogP contribution in [0, 0.1) is 0 Å². The van der Waals surface area contributed by atoms with Crippen LogP contribution in [0.15, 0.2) is 0 Å². The standard InChI is InChI=1S/C8H21N2/c1-5-7-9-8-10(3,4)6-2/h9H,5-8H2,1-4H3/q+1. The van der Waals surface area contributed by atoms with Crippen molar-refractivity contribution in [3.63, 3.8) is 0 Å². The molecule has 0 saturated carbocycles. The predicted molar refractivity (Wildman–Crippen MR) is 45.8 cm³/mol. The zero-order valence-electron chi connectivity index (χ0n) is 7.78. The Kier molecular flexibility index (Phi) is 4.65. The number of nitrogens with zero attached hydrogens (tertiary/aromatic N) is 1. The van der Waals surface area contributed by atoms with Gasteiger partial charge in [0.25, 0.3) is 0 Å². The first-order valence-electron chi connectivity index (χ1n) is 4.15. The maximum atomic E-state index is 3.40. The van der Waals surface area contributed by atoms with Gasteiger partial charge in [-0.3, -0.25) is 5.32 Å². The first kappa shape index (κ1) is 9.92. The minimum atomic E-state index is 1.07. The van der Waals surface area contributed by atoms with Crippen LogP contribution in [0.5, 0.6) is 0 Å². The number of nitrogens with one attached hydrogen (secondary N) is 1. The molecule has 0 aliphatic carbocycles. The molecule has 62 valence electrons. The second kappa shape index (κ2) is 4.69. The van der Waals surface area contributed by atoms with Crippen LogP contribution in [0.3, 0.4) is 0 Å². The lowest BCUT2D eigenvalue weighted by Crippen LogP contribution is -2.46. The van der Waals surface area contributed by atoms with Crippen molar-refractivity contribution in [2.75, 3.05) is 33.9 Å². The lowest BCUT2D eigenvalue weighted by Gasteiger charge is -2.28. The summed E-state index contributed by atoms with van der Waals surface area (Å²) in [5, 5.41) is 3.40. The molecule has 0 rings (SSSR count). The van der Waals surface area contributed by atoms with E-state index in [2.05, 4.69) is 33.3 Å². The fourth-order valence-electron chi connectivity index (χ4n) is 0.670. The number of hydrogen-bond donors (Lipinski definition) is 1. The third-order valence-corrected chi connectivity index (χ3v) is 1.82. The summed E-state index contributed by atoms with van der Waals surface area (Å²) in [6, 6.07) is 0. The van der Waals surface area contributed by atoms with Crippen LogP contribution in [-0.4, -0.2) is 38.3 Å². The molecule has 0 spiro atoms. The van der Waals surface area contributed by atoms with Gasteiger partial charge in [-0.1, -0.05) is 6.92 Å². The van der Waals surface area contributed by atoms with Crippen LogP contribution in [0.4, 0.5) is 0 Å². The Balaban J connectivity index is 3.28. The van der Waals surface area contributed by atoms with Gasteiger partial charge >= 0.3 is 0 Å². The van der Waals surface area contributed by atoms with Gasteiger partial charge in [-0.05, 0) is 19.9 Å². The summed E-state index contributed by atoms with van der Waals surface area (Å²) in [5.41, 5.74) is 0. The Bertz CT molecular complexity index is 79.3. The molecule has 10 heavy (non-hydrogen) atoms. The van der Waals surface area contributed by atoms with E-state index in [0.29, 0.717) is 0 Å². The highest BCUT2D eigenvalue weighted by Gasteiger charge is 2.08. The van der Waals surface area contributed by atoms with Gasteiger partial charge in [0.05, 0.1) is 20.6 Å². The minimum absolute atomic E-state index is 1.07. The SMILES string of the molecule is CCCNC[N+](C)(C)CC. The van der Waals surface area contributed by atoms with Crippen LogP contribution in [0.2, 0.25) is 0 Å². The van der Waals surface area contributed by atoms with Gasteiger partial charge in [-0.15, -0.1) is 0 Å². The van der Waals surface area contributed by atoms with E-state index in [9.17, 15) is 0 Å². The second-order valence-corrected chi connectivity index (χ2v) is 3.41. The lowest BCUT2D eigenvalue weighted by molar-refractivity contribution is -0.891. The molecule has 0 aliphatic heterocycles. The quantitative estimate of drug-likeness (QED) is 0.346. The minimum Gasteiger partial charge on any atom is -0.316 e. The molecule has 0 aromatic heterocycles. The van der Waals surface area contributed by atoms with Crippen molar-refractivity contribution in [3.05, 3.63) is 0 Å². The van der Waals surface area contributed by atoms with Crippen LogP contribution < -0.4 is 5.32 Å². The number of hydrogen-bond acceptors (Lipinski definition) is 1. The summed E-state index contributed by atoms with van der Waals surface area (Å²) in [6.45, 7) is 7.83. The number of quaternary nitrogens is 1. The molecule has 2 heteroatoms. The Morgan fingerprint density at radius 2 is 1.80 bits per heavy atom. The summed E-state index contributed by atoms with van der Waals surface area (Å²) in [4.78, 5) is 0. The zero-order chi connectivity index (χ0) is 8.04. The molecule has 0 aromatic rings. The summed E-state index contributed by atoms with van der Waals surface area (Å²) in [7, 11) is 4.48. The van der Waals surface area contributed by atoms with Crippen molar-refractivity contribution in [3.8, 4) is 0 Å². The van der Waals surface area contributed by atoms with Gasteiger partial charge in [0.1, 0.15) is 6.67 Å². The molecular weight excluding hydrogens is 124 g/mol. The molecule has 0 radical (unpaired) electrons. The van der Waals surface area contributed by atoms with E-state index >= 15 is 0 Å². The van der Waals surface area contributed by atoms with Gasteiger partial charge in [0.2, 0.25) is 0 Å². The van der Waals surface area contributed by atoms with Crippen molar-refractivity contribution in [2.24, 2.45) is 0 Å². The Labute approximate surface area is 64.8 Å². The van der Waals surface area contributed by atoms with Gasteiger partial charge < -0.3 is 4.48 Å². The average Bonchev–Trinajstić information content (AvgIpc) is 1.89.